The highest BCUT2D eigenvalue weighted by Gasteiger charge is 2.27. The fraction of sp³-hybridized carbons (Fsp3) is 0.600. The van der Waals surface area contributed by atoms with Gasteiger partial charge >= 0.3 is 0 Å². The van der Waals surface area contributed by atoms with E-state index < -0.39 is 0 Å². The third-order valence-electron chi connectivity index (χ3n) is 4.99. The van der Waals surface area contributed by atoms with E-state index in [1.807, 2.05) is 12.1 Å². The number of rotatable bonds is 5. The largest absolute Gasteiger partial charge is 0.493 e. The third kappa shape index (κ3) is 6.16. The van der Waals surface area contributed by atoms with Crippen LogP contribution in [0.3, 0.4) is 0 Å². The van der Waals surface area contributed by atoms with Gasteiger partial charge in [0.25, 0.3) is 5.91 Å². The number of benzene rings is 1. The van der Waals surface area contributed by atoms with Crippen LogP contribution < -0.4 is 20.9 Å². The van der Waals surface area contributed by atoms with Crippen molar-refractivity contribution in [2.75, 3.05) is 6.61 Å². The average Bonchev–Trinajstić information content (AvgIpc) is 2.62. The van der Waals surface area contributed by atoms with Crippen molar-refractivity contribution in [3.05, 3.63) is 29.8 Å². The summed E-state index contributed by atoms with van der Waals surface area (Å²) in [6, 6.07) is 7.50. The molecule has 1 aromatic carbocycles. The Balaban J connectivity index is 1.82. The van der Waals surface area contributed by atoms with Crippen LogP contribution >= 0.6 is 12.2 Å². The molecule has 0 heterocycles. The summed E-state index contributed by atoms with van der Waals surface area (Å²) in [5.41, 5.74) is 6.00. The molecule has 26 heavy (non-hydrogen) atoms. The molecule has 1 aliphatic carbocycles. The standard InChI is InChI=1S/C20H31N3O2S/c1-13(2)12-25-17-9-6-8-16(11-17)19(24)22-23-20(26)21-18-10-5-7-14(3)15(18)4/h6,8-9,11,13-15,18H,5,7,10,12H2,1-4H3,(H,22,24)(H2,21,23,26)/t14-,15-,18+/m1/s1. The van der Waals surface area contributed by atoms with Gasteiger partial charge in [0.05, 0.1) is 6.61 Å². The second-order valence-electron chi connectivity index (χ2n) is 7.66. The molecule has 1 fully saturated rings. The number of carbonyl (C=O) groups excluding carboxylic acids is 1. The molecule has 1 amide bonds. The predicted molar refractivity (Wildman–Crippen MR) is 109 cm³/mol. The third-order valence-corrected chi connectivity index (χ3v) is 5.21. The maximum Gasteiger partial charge on any atom is 0.269 e. The van der Waals surface area contributed by atoms with Gasteiger partial charge in [-0.05, 0) is 54.6 Å². The SMILES string of the molecule is CC(C)COc1cccc(C(=O)NNC(=S)N[C@H]2CCC[C@@H](C)[C@H]2C)c1. The van der Waals surface area contributed by atoms with E-state index >= 15 is 0 Å². The molecule has 1 aromatic rings. The minimum Gasteiger partial charge on any atom is -0.493 e. The van der Waals surface area contributed by atoms with Crippen LogP contribution in [0.15, 0.2) is 24.3 Å². The van der Waals surface area contributed by atoms with Crippen LogP contribution in [0.2, 0.25) is 0 Å². The summed E-state index contributed by atoms with van der Waals surface area (Å²) in [6.45, 7) is 9.33. The lowest BCUT2D eigenvalue weighted by Gasteiger charge is -2.35. The number of amides is 1. The van der Waals surface area contributed by atoms with Crippen molar-refractivity contribution < 1.29 is 9.53 Å². The van der Waals surface area contributed by atoms with E-state index in [2.05, 4.69) is 43.9 Å². The first-order chi connectivity index (χ1) is 12.4. The van der Waals surface area contributed by atoms with Gasteiger partial charge in [-0.3, -0.25) is 15.6 Å². The van der Waals surface area contributed by atoms with Crippen LogP contribution in [0, 0.1) is 17.8 Å². The van der Waals surface area contributed by atoms with Crippen molar-refractivity contribution in [1.29, 1.82) is 0 Å². The van der Waals surface area contributed by atoms with E-state index in [4.69, 9.17) is 17.0 Å². The van der Waals surface area contributed by atoms with E-state index in [1.54, 1.807) is 12.1 Å². The van der Waals surface area contributed by atoms with Crippen LogP contribution in [-0.4, -0.2) is 23.7 Å². The highest BCUT2D eigenvalue weighted by molar-refractivity contribution is 7.80. The zero-order valence-electron chi connectivity index (χ0n) is 16.2. The number of nitrogens with one attached hydrogen (secondary N) is 3. The van der Waals surface area contributed by atoms with Crippen LogP contribution in [0.4, 0.5) is 0 Å². The van der Waals surface area contributed by atoms with Crippen LogP contribution in [0.25, 0.3) is 0 Å². The first kappa shape index (κ1) is 20.5. The Bertz CT molecular complexity index is 621. The highest BCUT2D eigenvalue weighted by atomic mass is 32.1. The number of hydrogen-bond donors (Lipinski definition) is 3. The summed E-state index contributed by atoms with van der Waals surface area (Å²) in [5.74, 6) is 2.13. The van der Waals surface area contributed by atoms with Gasteiger partial charge in [-0.2, -0.15) is 0 Å². The summed E-state index contributed by atoms with van der Waals surface area (Å²) >= 11 is 5.33. The van der Waals surface area contributed by atoms with Gasteiger partial charge in [-0.25, -0.2) is 0 Å². The number of hydrazine groups is 1. The molecule has 6 heteroatoms. The number of carbonyl (C=O) groups is 1. The van der Waals surface area contributed by atoms with Crippen molar-refractivity contribution in [1.82, 2.24) is 16.2 Å². The maximum absolute atomic E-state index is 12.3. The Labute approximate surface area is 162 Å². The number of ether oxygens (including phenoxy) is 1. The summed E-state index contributed by atoms with van der Waals surface area (Å²) in [4.78, 5) is 12.3. The molecular weight excluding hydrogens is 346 g/mol. The Morgan fingerprint density at radius 1 is 1.27 bits per heavy atom. The zero-order chi connectivity index (χ0) is 19.1. The lowest BCUT2D eigenvalue weighted by Crippen LogP contribution is -2.52. The highest BCUT2D eigenvalue weighted by Crippen LogP contribution is 2.29. The van der Waals surface area contributed by atoms with E-state index in [1.165, 1.54) is 12.8 Å². The molecule has 3 atom stereocenters. The molecule has 1 saturated carbocycles. The second kappa shape index (κ2) is 9.76. The van der Waals surface area contributed by atoms with Gasteiger partial charge in [-0.15, -0.1) is 0 Å². The van der Waals surface area contributed by atoms with E-state index in [9.17, 15) is 4.79 Å². The van der Waals surface area contributed by atoms with Crippen molar-refractivity contribution in [2.24, 2.45) is 17.8 Å². The van der Waals surface area contributed by atoms with Crippen LogP contribution in [-0.2, 0) is 0 Å². The first-order valence-corrected chi connectivity index (χ1v) is 9.87. The minimum absolute atomic E-state index is 0.241. The van der Waals surface area contributed by atoms with Crippen molar-refractivity contribution in [3.8, 4) is 5.75 Å². The van der Waals surface area contributed by atoms with Crippen molar-refractivity contribution in [3.63, 3.8) is 0 Å². The Hall–Kier alpha value is -1.82. The van der Waals surface area contributed by atoms with Gasteiger partial charge in [-0.1, -0.05) is 46.6 Å². The molecule has 0 radical (unpaired) electrons. The smallest absolute Gasteiger partial charge is 0.269 e. The fourth-order valence-corrected chi connectivity index (χ4v) is 3.37. The average molecular weight is 378 g/mol. The minimum atomic E-state index is -0.241. The van der Waals surface area contributed by atoms with E-state index in [0.717, 1.165) is 6.42 Å². The first-order valence-electron chi connectivity index (χ1n) is 9.46. The van der Waals surface area contributed by atoms with Gasteiger partial charge in [0.15, 0.2) is 5.11 Å². The molecule has 3 N–H and O–H groups in total. The molecule has 1 aliphatic rings. The molecule has 2 rings (SSSR count). The lowest BCUT2D eigenvalue weighted by atomic mass is 9.78. The Kier molecular flexibility index (Phi) is 7.69. The topological polar surface area (TPSA) is 62.4 Å². The summed E-state index contributed by atoms with van der Waals surface area (Å²) in [5, 5.41) is 3.79. The van der Waals surface area contributed by atoms with Gasteiger partial charge < -0.3 is 10.1 Å². The molecule has 0 bridgehead atoms. The van der Waals surface area contributed by atoms with Crippen LogP contribution in [0.5, 0.6) is 5.75 Å². The number of thiocarbonyl (C=S) groups is 1. The predicted octanol–water partition coefficient (Wildman–Crippen LogP) is 3.66. The monoisotopic (exact) mass is 377 g/mol. The molecule has 0 aliphatic heterocycles. The Morgan fingerprint density at radius 3 is 2.77 bits per heavy atom. The van der Waals surface area contributed by atoms with Gasteiger partial charge in [0, 0.05) is 11.6 Å². The van der Waals surface area contributed by atoms with E-state index in [0.29, 0.717) is 46.8 Å². The quantitative estimate of drug-likeness (QED) is 0.540. The molecular formula is C20H31N3O2S. The summed E-state index contributed by atoms with van der Waals surface area (Å²) in [6.07, 6.45) is 3.59. The lowest BCUT2D eigenvalue weighted by molar-refractivity contribution is 0.0942. The molecule has 0 saturated heterocycles. The summed E-state index contributed by atoms with van der Waals surface area (Å²) in [7, 11) is 0. The zero-order valence-corrected chi connectivity index (χ0v) is 17.0. The molecule has 144 valence electrons. The summed E-state index contributed by atoms with van der Waals surface area (Å²) < 4.78 is 5.67. The van der Waals surface area contributed by atoms with Gasteiger partial charge in [0.1, 0.15) is 5.75 Å². The molecule has 5 nitrogen and oxygen atoms in total. The normalized spacial score (nSPS) is 22.6. The molecule has 0 spiro atoms. The molecule has 0 unspecified atom stereocenters. The number of hydrogen-bond acceptors (Lipinski definition) is 3. The second-order valence-corrected chi connectivity index (χ2v) is 8.07. The van der Waals surface area contributed by atoms with Crippen molar-refractivity contribution >= 4 is 23.2 Å². The maximum atomic E-state index is 12.3. The van der Waals surface area contributed by atoms with E-state index in [-0.39, 0.29) is 5.91 Å². The van der Waals surface area contributed by atoms with Crippen molar-refractivity contribution in [2.45, 2.75) is 53.0 Å². The van der Waals surface area contributed by atoms with Crippen LogP contribution in [0.1, 0.15) is 57.3 Å². The Morgan fingerprint density at radius 2 is 2.04 bits per heavy atom. The van der Waals surface area contributed by atoms with Gasteiger partial charge in [0.2, 0.25) is 0 Å². The fourth-order valence-electron chi connectivity index (χ4n) is 3.17. The molecule has 0 aromatic heterocycles.